The molecule has 1 saturated heterocycles. The van der Waals surface area contributed by atoms with Crippen molar-refractivity contribution in [2.24, 2.45) is 0 Å². The van der Waals surface area contributed by atoms with Crippen molar-refractivity contribution in [2.45, 2.75) is 32.3 Å². The van der Waals surface area contributed by atoms with Gasteiger partial charge in [-0.05, 0) is 30.9 Å². The molecule has 27 heavy (non-hydrogen) atoms. The second-order valence-corrected chi connectivity index (χ2v) is 6.23. The second-order valence-electron chi connectivity index (χ2n) is 6.23. The topological polar surface area (TPSA) is 95.9 Å². The lowest BCUT2D eigenvalue weighted by atomic mass is 9.97. The van der Waals surface area contributed by atoms with Gasteiger partial charge in [0, 0.05) is 24.3 Å². The normalized spacial score (nSPS) is 15.7. The van der Waals surface area contributed by atoms with Crippen molar-refractivity contribution in [1.29, 1.82) is 0 Å². The van der Waals surface area contributed by atoms with Crippen molar-refractivity contribution in [3.8, 4) is 0 Å². The van der Waals surface area contributed by atoms with Crippen LogP contribution in [-0.4, -0.2) is 41.3 Å². The molecular weight excluding hydrogens is 346 g/mol. The maximum atomic E-state index is 12.3. The largest absolute Gasteiger partial charge is 0.478 e. The molecule has 1 atom stereocenters. The smallest absolute Gasteiger partial charge is 0.336 e. The van der Waals surface area contributed by atoms with Crippen molar-refractivity contribution in [1.82, 2.24) is 5.48 Å². The highest BCUT2D eigenvalue weighted by Gasteiger charge is 2.17. The minimum atomic E-state index is -1.09. The van der Waals surface area contributed by atoms with Gasteiger partial charge in [-0.15, -0.1) is 0 Å². The van der Waals surface area contributed by atoms with E-state index >= 15 is 0 Å². The summed E-state index contributed by atoms with van der Waals surface area (Å²) < 4.78 is 5.17. The van der Waals surface area contributed by atoms with Crippen LogP contribution in [0.25, 0.3) is 0 Å². The lowest BCUT2D eigenvalue weighted by Crippen LogP contribution is -2.22. The number of carbonyl (C=O) groups is 2. The van der Waals surface area contributed by atoms with E-state index in [-0.39, 0.29) is 23.0 Å². The Morgan fingerprint density at radius 2 is 1.78 bits per heavy atom. The Bertz CT molecular complexity index is 751. The van der Waals surface area contributed by atoms with Crippen molar-refractivity contribution in [2.75, 3.05) is 13.2 Å². The number of hydrogen-bond acceptors (Lipinski definition) is 5. The summed E-state index contributed by atoms with van der Waals surface area (Å²) in [4.78, 5) is 23.4. The molecule has 0 aliphatic carbocycles. The van der Waals surface area contributed by atoms with Crippen molar-refractivity contribution in [3.05, 3.63) is 70.8 Å². The SMILES string of the molecule is CCc1ccc(C(=O)c2ccccc2C(=O)O)cc1.ONCC1CCCO1. The van der Waals surface area contributed by atoms with Crippen LogP contribution in [0, 0.1) is 0 Å². The van der Waals surface area contributed by atoms with Gasteiger partial charge in [0.1, 0.15) is 0 Å². The molecule has 2 aromatic carbocycles. The molecule has 0 saturated carbocycles. The molecular formula is C21H25NO5. The van der Waals surface area contributed by atoms with Gasteiger partial charge in [-0.2, -0.15) is 0 Å². The summed E-state index contributed by atoms with van der Waals surface area (Å²) >= 11 is 0. The van der Waals surface area contributed by atoms with E-state index in [4.69, 9.17) is 15.1 Å². The van der Waals surface area contributed by atoms with Crippen LogP contribution in [-0.2, 0) is 11.2 Å². The van der Waals surface area contributed by atoms with Gasteiger partial charge in [0.2, 0.25) is 0 Å². The number of hydroxylamine groups is 1. The monoisotopic (exact) mass is 371 g/mol. The molecule has 1 heterocycles. The fourth-order valence-corrected chi connectivity index (χ4v) is 2.82. The molecule has 3 N–H and O–H groups in total. The zero-order valence-electron chi connectivity index (χ0n) is 15.4. The second kappa shape index (κ2) is 10.6. The summed E-state index contributed by atoms with van der Waals surface area (Å²) in [7, 11) is 0. The Kier molecular flexibility index (Phi) is 8.13. The van der Waals surface area contributed by atoms with Gasteiger partial charge in [0.25, 0.3) is 0 Å². The maximum absolute atomic E-state index is 12.3. The third-order valence-corrected chi connectivity index (χ3v) is 4.37. The van der Waals surface area contributed by atoms with Gasteiger partial charge in [0.05, 0.1) is 11.7 Å². The number of nitrogens with one attached hydrogen (secondary N) is 1. The van der Waals surface area contributed by atoms with E-state index in [1.54, 1.807) is 30.3 Å². The number of rotatable bonds is 6. The summed E-state index contributed by atoms with van der Waals surface area (Å²) in [5.74, 6) is -1.35. The highest BCUT2D eigenvalue weighted by atomic mass is 16.5. The lowest BCUT2D eigenvalue weighted by Gasteiger charge is -2.05. The maximum Gasteiger partial charge on any atom is 0.336 e. The molecule has 6 heteroatoms. The highest BCUT2D eigenvalue weighted by molar-refractivity contribution is 6.14. The molecule has 0 spiro atoms. The molecule has 0 radical (unpaired) electrons. The molecule has 0 amide bonds. The highest BCUT2D eigenvalue weighted by Crippen LogP contribution is 2.15. The van der Waals surface area contributed by atoms with E-state index in [0.29, 0.717) is 12.1 Å². The molecule has 6 nitrogen and oxygen atoms in total. The quantitative estimate of drug-likeness (QED) is 0.532. The number of ether oxygens (including phenoxy) is 1. The van der Waals surface area contributed by atoms with Crippen LogP contribution >= 0.6 is 0 Å². The summed E-state index contributed by atoms with van der Waals surface area (Å²) in [5.41, 5.74) is 3.99. The molecule has 1 unspecified atom stereocenters. The average molecular weight is 371 g/mol. The predicted molar refractivity (Wildman–Crippen MR) is 101 cm³/mol. The Balaban J connectivity index is 0.000000273. The first-order valence-corrected chi connectivity index (χ1v) is 9.01. The Hall–Kier alpha value is -2.54. The Morgan fingerprint density at radius 3 is 2.30 bits per heavy atom. The van der Waals surface area contributed by atoms with Crippen LogP contribution in [0.5, 0.6) is 0 Å². The number of aromatic carboxylic acids is 1. The minimum absolute atomic E-state index is 0.0343. The molecule has 0 aromatic heterocycles. The molecule has 2 aromatic rings. The van der Waals surface area contributed by atoms with E-state index in [2.05, 4.69) is 5.48 Å². The zero-order valence-corrected chi connectivity index (χ0v) is 15.4. The fraction of sp³-hybridized carbons (Fsp3) is 0.333. The third-order valence-electron chi connectivity index (χ3n) is 4.37. The molecule has 1 fully saturated rings. The lowest BCUT2D eigenvalue weighted by molar-refractivity contribution is 0.0645. The number of carbonyl (C=O) groups excluding carboxylic acids is 1. The van der Waals surface area contributed by atoms with Gasteiger partial charge in [-0.1, -0.05) is 49.4 Å². The van der Waals surface area contributed by atoms with Gasteiger partial charge in [-0.3, -0.25) is 4.79 Å². The number of carboxylic acid groups (broad SMARTS) is 1. The molecule has 144 valence electrons. The number of benzene rings is 2. The van der Waals surface area contributed by atoms with Gasteiger partial charge >= 0.3 is 5.97 Å². The van der Waals surface area contributed by atoms with Crippen molar-refractivity contribution >= 4 is 11.8 Å². The van der Waals surface area contributed by atoms with Gasteiger partial charge in [-0.25, -0.2) is 10.3 Å². The first-order chi connectivity index (χ1) is 13.1. The number of carboxylic acids is 1. The van der Waals surface area contributed by atoms with E-state index < -0.39 is 5.97 Å². The summed E-state index contributed by atoms with van der Waals surface area (Å²) in [6.45, 7) is 3.46. The van der Waals surface area contributed by atoms with Crippen LogP contribution in [0.4, 0.5) is 0 Å². The average Bonchev–Trinajstić information content (AvgIpc) is 3.21. The van der Waals surface area contributed by atoms with E-state index in [0.717, 1.165) is 31.4 Å². The van der Waals surface area contributed by atoms with Crippen LogP contribution < -0.4 is 5.48 Å². The van der Waals surface area contributed by atoms with E-state index in [9.17, 15) is 9.59 Å². The number of hydrogen-bond donors (Lipinski definition) is 3. The van der Waals surface area contributed by atoms with Gasteiger partial charge < -0.3 is 15.1 Å². The van der Waals surface area contributed by atoms with Crippen molar-refractivity contribution in [3.63, 3.8) is 0 Å². The Labute approximate surface area is 158 Å². The molecule has 1 aliphatic rings. The van der Waals surface area contributed by atoms with Gasteiger partial charge in [0.15, 0.2) is 5.78 Å². The third kappa shape index (κ3) is 5.99. The first-order valence-electron chi connectivity index (χ1n) is 9.01. The Morgan fingerprint density at radius 1 is 1.11 bits per heavy atom. The summed E-state index contributed by atoms with van der Waals surface area (Å²) in [6.07, 6.45) is 3.36. The van der Waals surface area contributed by atoms with Crippen LogP contribution in [0.3, 0.4) is 0 Å². The molecule has 0 bridgehead atoms. The van der Waals surface area contributed by atoms with Crippen LogP contribution in [0.15, 0.2) is 48.5 Å². The molecule has 1 aliphatic heterocycles. The zero-order chi connectivity index (χ0) is 19.6. The summed E-state index contributed by atoms with van der Waals surface area (Å²) in [6, 6.07) is 13.5. The first kappa shape index (κ1) is 20.8. The number of aryl methyl sites for hydroxylation is 1. The number of ketones is 1. The van der Waals surface area contributed by atoms with Crippen molar-refractivity contribution < 1.29 is 24.6 Å². The van der Waals surface area contributed by atoms with Crippen LogP contribution in [0.1, 0.15) is 51.6 Å². The van der Waals surface area contributed by atoms with Crippen LogP contribution in [0.2, 0.25) is 0 Å². The minimum Gasteiger partial charge on any atom is -0.478 e. The fourth-order valence-electron chi connectivity index (χ4n) is 2.82. The molecule has 3 rings (SSSR count). The summed E-state index contributed by atoms with van der Waals surface area (Å²) in [5, 5.41) is 17.3. The van der Waals surface area contributed by atoms with E-state index in [1.165, 1.54) is 6.07 Å². The predicted octanol–water partition coefficient (Wildman–Crippen LogP) is 3.32. The van der Waals surface area contributed by atoms with E-state index in [1.807, 2.05) is 19.1 Å². The standard InChI is InChI=1S/C16H14O3.C5H11NO2/c1-2-11-7-9-12(10-8-11)15(17)13-5-3-4-6-14(13)16(18)19;7-6-4-5-2-1-3-8-5/h3-10H,2H2,1H3,(H,18,19);5-7H,1-4H2.